The molecule has 0 atom stereocenters. The van der Waals surface area contributed by atoms with E-state index in [-0.39, 0.29) is 24.8 Å². The Kier molecular flexibility index (Phi) is 5.15. The molecule has 0 bridgehead atoms. The van der Waals surface area contributed by atoms with Gasteiger partial charge in [0.25, 0.3) is 5.89 Å². The number of aromatic amines is 1. The van der Waals surface area contributed by atoms with Gasteiger partial charge >= 0.3 is 11.9 Å². The highest BCUT2D eigenvalue weighted by Crippen LogP contribution is 2.20. The second kappa shape index (κ2) is 7.08. The van der Waals surface area contributed by atoms with Crippen LogP contribution in [0.2, 0.25) is 0 Å². The van der Waals surface area contributed by atoms with Crippen molar-refractivity contribution in [2.24, 2.45) is 0 Å². The van der Waals surface area contributed by atoms with E-state index in [9.17, 15) is 9.59 Å². The van der Waals surface area contributed by atoms with Crippen LogP contribution in [0.15, 0.2) is 4.42 Å². The van der Waals surface area contributed by atoms with E-state index in [1.54, 1.807) is 20.8 Å². The minimum absolute atomic E-state index is 0.120. The zero-order valence-electron chi connectivity index (χ0n) is 13.6. The molecule has 2 heterocycles. The SMILES string of the molecule is CCOC(=O)c1[nH]c(C)c(C(=O)OCc2nnc(CC)o2)c1C. The van der Waals surface area contributed by atoms with Gasteiger partial charge in [0, 0.05) is 12.1 Å². The van der Waals surface area contributed by atoms with Gasteiger partial charge in [-0.3, -0.25) is 0 Å². The fraction of sp³-hybridized carbons (Fsp3) is 0.467. The maximum absolute atomic E-state index is 12.2. The van der Waals surface area contributed by atoms with E-state index in [0.29, 0.717) is 29.1 Å². The molecule has 0 spiro atoms. The Morgan fingerprint density at radius 2 is 1.78 bits per heavy atom. The number of aryl methyl sites for hydroxylation is 2. The molecule has 0 saturated carbocycles. The third-order valence-corrected chi connectivity index (χ3v) is 3.26. The number of carbonyl (C=O) groups excluding carboxylic acids is 2. The minimum atomic E-state index is -0.567. The van der Waals surface area contributed by atoms with Crippen molar-refractivity contribution in [3.05, 3.63) is 34.3 Å². The molecule has 0 fully saturated rings. The molecule has 2 aromatic rings. The minimum Gasteiger partial charge on any atom is -0.461 e. The summed E-state index contributed by atoms with van der Waals surface area (Å²) in [7, 11) is 0. The van der Waals surface area contributed by atoms with Crippen LogP contribution in [0.5, 0.6) is 0 Å². The average molecular weight is 321 g/mol. The van der Waals surface area contributed by atoms with E-state index in [1.807, 2.05) is 6.92 Å². The van der Waals surface area contributed by atoms with Gasteiger partial charge in [-0.05, 0) is 26.3 Å². The number of nitrogens with zero attached hydrogens (tertiary/aromatic N) is 2. The normalized spacial score (nSPS) is 10.6. The van der Waals surface area contributed by atoms with Crippen LogP contribution in [-0.4, -0.2) is 33.7 Å². The first-order valence-electron chi connectivity index (χ1n) is 7.32. The summed E-state index contributed by atoms with van der Waals surface area (Å²) < 4.78 is 15.4. The lowest BCUT2D eigenvalue weighted by molar-refractivity contribution is 0.0435. The largest absolute Gasteiger partial charge is 0.461 e. The Morgan fingerprint density at radius 1 is 1.09 bits per heavy atom. The number of nitrogens with one attached hydrogen (secondary N) is 1. The molecule has 0 saturated heterocycles. The van der Waals surface area contributed by atoms with Crippen LogP contribution in [0.4, 0.5) is 0 Å². The Labute approximate surface area is 133 Å². The number of esters is 2. The molecule has 124 valence electrons. The van der Waals surface area contributed by atoms with Gasteiger partial charge in [-0.1, -0.05) is 6.92 Å². The Bertz CT molecular complexity index is 717. The third kappa shape index (κ3) is 3.58. The highest BCUT2D eigenvalue weighted by molar-refractivity contribution is 5.98. The van der Waals surface area contributed by atoms with E-state index < -0.39 is 11.9 Å². The highest BCUT2D eigenvalue weighted by Gasteiger charge is 2.24. The molecule has 0 aliphatic heterocycles. The number of ether oxygens (including phenoxy) is 2. The summed E-state index contributed by atoms with van der Waals surface area (Å²) in [5.74, 6) is -0.360. The van der Waals surface area contributed by atoms with Crippen molar-refractivity contribution in [3.63, 3.8) is 0 Å². The van der Waals surface area contributed by atoms with Crippen LogP contribution in [-0.2, 0) is 22.5 Å². The van der Waals surface area contributed by atoms with Gasteiger partial charge in [-0.2, -0.15) is 0 Å². The summed E-state index contributed by atoms with van der Waals surface area (Å²) >= 11 is 0. The zero-order valence-corrected chi connectivity index (χ0v) is 13.6. The zero-order chi connectivity index (χ0) is 17.0. The summed E-state index contributed by atoms with van der Waals surface area (Å²) in [6, 6.07) is 0. The van der Waals surface area contributed by atoms with Crippen LogP contribution >= 0.6 is 0 Å². The number of carbonyl (C=O) groups is 2. The fourth-order valence-corrected chi connectivity index (χ4v) is 2.15. The van der Waals surface area contributed by atoms with Crippen molar-refractivity contribution in [3.8, 4) is 0 Å². The third-order valence-electron chi connectivity index (χ3n) is 3.26. The van der Waals surface area contributed by atoms with Crippen molar-refractivity contribution in [1.82, 2.24) is 15.2 Å². The molecule has 8 nitrogen and oxygen atoms in total. The van der Waals surface area contributed by atoms with Crippen molar-refractivity contribution >= 4 is 11.9 Å². The molecule has 23 heavy (non-hydrogen) atoms. The first-order valence-corrected chi connectivity index (χ1v) is 7.32. The summed E-state index contributed by atoms with van der Waals surface area (Å²) in [4.78, 5) is 26.9. The molecular formula is C15H19N3O5. The Balaban J connectivity index is 2.11. The quantitative estimate of drug-likeness (QED) is 0.812. The van der Waals surface area contributed by atoms with E-state index >= 15 is 0 Å². The molecule has 0 aliphatic carbocycles. The monoisotopic (exact) mass is 321 g/mol. The van der Waals surface area contributed by atoms with E-state index in [1.165, 1.54) is 0 Å². The first kappa shape index (κ1) is 16.7. The van der Waals surface area contributed by atoms with Gasteiger partial charge in [0.1, 0.15) is 5.69 Å². The molecule has 2 aromatic heterocycles. The lowest BCUT2D eigenvalue weighted by atomic mass is 10.1. The predicted octanol–water partition coefficient (Wildman–Crippen LogP) is 2.11. The van der Waals surface area contributed by atoms with Crippen LogP contribution < -0.4 is 0 Å². The molecule has 0 radical (unpaired) electrons. The Morgan fingerprint density at radius 3 is 2.39 bits per heavy atom. The maximum atomic E-state index is 12.2. The number of hydrogen-bond donors (Lipinski definition) is 1. The number of hydrogen-bond acceptors (Lipinski definition) is 7. The van der Waals surface area contributed by atoms with Crippen molar-refractivity contribution in [2.75, 3.05) is 6.61 Å². The van der Waals surface area contributed by atoms with Crippen LogP contribution in [0.25, 0.3) is 0 Å². The van der Waals surface area contributed by atoms with Crippen LogP contribution in [0.1, 0.15) is 57.7 Å². The van der Waals surface area contributed by atoms with Gasteiger partial charge in [-0.15, -0.1) is 10.2 Å². The first-order chi connectivity index (χ1) is 11.0. The second-order valence-electron chi connectivity index (χ2n) is 4.86. The number of aromatic nitrogens is 3. The lowest BCUT2D eigenvalue weighted by Crippen LogP contribution is -2.09. The average Bonchev–Trinajstić information content (AvgIpc) is 3.09. The van der Waals surface area contributed by atoms with Gasteiger partial charge in [0.15, 0.2) is 6.61 Å². The molecule has 2 rings (SSSR count). The van der Waals surface area contributed by atoms with Gasteiger partial charge in [0.2, 0.25) is 5.89 Å². The molecule has 1 N–H and O–H groups in total. The number of rotatable bonds is 6. The fourth-order valence-electron chi connectivity index (χ4n) is 2.15. The molecule has 0 aliphatic rings. The summed E-state index contributed by atoms with van der Waals surface area (Å²) in [5.41, 5.74) is 1.59. The van der Waals surface area contributed by atoms with E-state index in [4.69, 9.17) is 13.9 Å². The van der Waals surface area contributed by atoms with Crippen molar-refractivity contribution < 1.29 is 23.5 Å². The molecular weight excluding hydrogens is 302 g/mol. The molecule has 0 amide bonds. The maximum Gasteiger partial charge on any atom is 0.355 e. The smallest absolute Gasteiger partial charge is 0.355 e. The highest BCUT2D eigenvalue weighted by atomic mass is 16.5. The molecule has 0 aromatic carbocycles. The summed E-state index contributed by atoms with van der Waals surface area (Å²) in [6.07, 6.45) is 0.611. The summed E-state index contributed by atoms with van der Waals surface area (Å²) in [6.45, 7) is 7.08. The van der Waals surface area contributed by atoms with E-state index in [0.717, 1.165) is 0 Å². The standard InChI is InChI=1S/C15H19N3O5/c1-5-10-17-18-11(23-10)7-22-14(19)12-8(3)13(16-9(12)4)15(20)21-6-2/h16H,5-7H2,1-4H3. The molecule has 8 heteroatoms. The van der Waals surface area contributed by atoms with Gasteiger partial charge < -0.3 is 18.9 Å². The van der Waals surface area contributed by atoms with Crippen LogP contribution in [0.3, 0.4) is 0 Å². The van der Waals surface area contributed by atoms with Crippen molar-refractivity contribution in [1.29, 1.82) is 0 Å². The Hall–Kier alpha value is -2.64. The van der Waals surface area contributed by atoms with E-state index in [2.05, 4.69) is 15.2 Å². The molecule has 0 unspecified atom stereocenters. The van der Waals surface area contributed by atoms with Gasteiger partial charge in [0.05, 0.1) is 12.2 Å². The summed E-state index contributed by atoms with van der Waals surface area (Å²) in [5, 5.41) is 7.57. The second-order valence-corrected chi connectivity index (χ2v) is 4.86. The lowest BCUT2D eigenvalue weighted by Gasteiger charge is -2.03. The van der Waals surface area contributed by atoms with Crippen molar-refractivity contribution in [2.45, 2.75) is 40.7 Å². The number of H-pyrrole nitrogens is 1. The topological polar surface area (TPSA) is 107 Å². The predicted molar refractivity (Wildman–Crippen MR) is 79.0 cm³/mol. The van der Waals surface area contributed by atoms with Gasteiger partial charge in [-0.25, -0.2) is 9.59 Å². The van der Waals surface area contributed by atoms with Crippen LogP contribution in [0, 0.1) is 13.8 Å².